The van der Waals surface area contributed by atoms with E-state index in [1.54, 1.807) is 0 Å². The van der Waals surface area contributed by atoms with Crippen molar-refractivity contribution in [1.29, 1.82) is 5.26 Å². The number of rotatable bonds is 8. The molecule has 2 aromatic carbocycles. The fourth-order valence-electron chi connectivity index (χ4n) is 6.04. The number of benzene rings is 2. The van der Waals surface area contributed by atoms with Gasteiger partial charge in [-0.05, 0) is 79.3 Å². The first-order valence-electron chi connectivity index (χ1n) is 14.7. The lowest BCUT2D eigenvalue weighted by molar-refractivity contribution is -0.128. The van der Waals surface area contributed by atoms with Crippen LogP contribution in [-0.2, 0) is 24.3 Å². The molecule has 6 rings (SSSR count). The molecule has 8 heteroatoms. The third-order valence-electron chi connectivity index (χ3n) is 8.41. The zero-order valence-electron chi connectivity index (χ0n) is 23.4. The normalized spacial score (nSPS) is 20.1. The molecule has 2 saturated heterocycles. The van der Waals surface area contributed by atoms with E-state index in [2.05, 4.69) is 38.3 Å². The SMILES string of the molecule is N#Cc1ccc(CN2CCC(Oc3ccc4c(c3)CC(C(=O)NC3CCN(Cc5ccncc5)CC3)O4)CC2)cc1. The molecule has 0 aliphatic carbocycles. The summed E-state index contributed by atoms with van der Waals surface area (Å²) in [6.07, 6.45) is 7.76. The third kappa shape index (κ3) is 7.05. The number of carbonyl (C=O) groups is 1. The molecule has 2 fully saturated rings. The molecule has 212 valence electrons. The van der Waals surface area contributed by atoms with Crippen LogP contribution in [0.3, 0.4) is 0 Å². The average Bonchev–Trinajstić information content (AvgIpc) is 3.44. The summed E-state index contributed by atoms with van der Waals surface area (Å²) in [7, 11) is 0. The second-order valence-corrected chi connectivity index (χ2v) is 11.4. The Morgan fingerprint density at radius 2 is 1.59 bits per heavy atom. The summed E-state index contributed by atoms with van der Waals surface area (Å²) in [5, 5.41) is 12.2. The molecule has 0 saturated carbocycles. The zero-order chi connectivity index (χ0) is 28.0. The van der Waals surface area contributed by atoms with Crippen molar-refractivity contribution in [2.24, 2.45) is 0 Å². The summed E-state index contributed by atoms with van der Waals surface area (Å²) in [5.41, 5.74) is 4.23. The van der Waals surface area contributed by atoms with Gasteiger partial charge in [-0.1, -0.05) is 12.1 Å². The minimum atomic E-state index is -0.486. The van der Waals surface area contributed by atoms with Crippen LogP contribution in [0.15, 0.2) is 67.0 Å². The first kappa shape index (κ1) is 27.3. The number of amides is 1. The van der Waals surface area contributed by atoms with Crippen molar-refractivity contribution in [3.8, 4) is 17.6 Å². The van der Waals surface area contributed by atoms with Crippen LogP contribution in [0, 0.1) is 11.3 Å². The molecule has 0 spiro atoms. The van der Waals surface area contributed by atoms with Crippen molar-refractivity contribution in [2.45, 2.75) is 63.4 Å². The van der Waals surface area contributed by atoms with Gasteiger partial charge in [0.1, 0.15) is 17.6 Å². The second-order valence-electron chi connectivity index (χ2n) is 11.4. The van der Waals surface area contributed by atoms with Gasteiger partial charge in [-0.15, -0.1) is 0 Å². The molecule has 3 aliphatic heterocycles. The molecule has 0 bridgehead atoms. The van der Waals surface area contributed by atoms with Crippen molar-refractivity contribution < 1.29 is 14.3 Å². The number of aromatic nitrogens is 1. The number of hydrogen-bond acceptors (Lipinski definition) is 7. The van der Waals surface area contributed by atoms with Crippen molar-refractivity contribution in [2.75, 3.05) is 26.2 Å². The Hall–Kier alpha value is -3.93. The first-order chi connectivity index (χ1) is 20.1. The van der Waals surface area contributed by atoms with E-state index in [-0.39, 0.29) is 18.1 Å². The number of nitrogens with one attached hydrogen (secondary N) is 1. The molecule has 3 aromatic rings. The Bertz CT molecular complexity index is 1360. The van der Waals surface area contributed by atoms with E-state index in [1.165, 1.54) is 11.1 Å². The van der Waals surface area contributed by atoms with E-state index in [9.17, 15) is 4.79 Å². The lowest BCUT2D eigenvalue weighted by Gasteiger charge is -2.32. The van der Waals surface area contributed by atoms with Gasteiger partial charge in [-0.25, -0.2) is 0 Å². The van der Waals surface area contributed by atoms with E-state index in [4.69, 9.17) is 14.7 Å². The number of nitrogens with zero attached hydrogens (tertiary/aromatic N) is 4. The smallest absolute Gasteiger partial charge is 0.261 e. The number of likely N-dealkylation sites (tertiary alicyclic amines) is 2. The minimum Gasteiger partial charge on any atom is -0.490 e. The first-order valence-corrected chi connectivity index (χ1v) is 14.7. The number of ether oxygens (including phenoxy) is 2. The molecule has 8 nitrogen and oxygen atoms in total. The average molecular weight is 552 g/mol. The second kappa shape index (κ2) is 12.7. The maximum atomic E-state index is 13.0. The fourth-order valence-corrected chi connectivity index (χ4v) is 6.04. The van der Waals surface area contributed by atoms with Gasteiger partial charge in [0.2, 0.25) is 0 Å². The number of fused-ring (bicyclic) bond motifs is 1. The summed E-state index contributed by atoms with van der Waals surface area (Å²) in [6, 6.07) is 20.3. The number of hydrogen-bond donors (Lipinski definition) is 1. The lowest BCUT2D eigenvalue weighted by atomic mass is 10.0. The number of piperidine rings is 2. The zero-order valence-corrected chi connectivity index (χ0v) is 23.4. The molecule has 41 heavy (non-hydrogen) atoms. The summed E-state index contributed by atoms with van der Waals surface area (Å²) < 4.78 is 12.4. The topological polar surface area (TPSA) is 90.7 Å². The van der Waals surface area contributed by atoms with Gasteiger partial charge in [0.25, 0.3) is 5.91 Å². The largest absolute Gasteiger partial charge is 0.490 e. The Morgan fingerprint density at radius 1 is 0.927 bits per heavy atom. The number of carbonyl (C=O) groups excluding carboxylic acids is 1. The Kier molecular flexibility index (Phi) is 8.45. The maximum Gasteiger partial charge on any atom is 0.261 e. The summed E-state index contributed by atoms with van der Waals surface area (Å²) in [5.74, 6) is 1.60. The molecule has 1 amide bonds. The van der Waals surface area contributed by atoms with Crippen LogP contribution in [0.5, 0.6) is 11.5 Å². The molecule has 1 atom stereocenters. The van der Waals surface area contributed by atoms with Crippen LogP contribution >= 0.6 is 0 Å². The lowest BCUT2D eigenvalue weighted by Crippen LogP contribution is -2.48. The van der Waals surface area contributed by atoms with Gasteiger partial charge in [0, 0.05) is 69.7 Å². The molecular formula is C33H37N5O3. The van der Waals surface area contributed by atoms with Crippen LogP contribution in [0.2, 0.25) is 0 Å². The predicted molar refractivity (Wildman–Crippen MR) is 155 cm³/mol. The van der Waals surface area contributed by atoms with Crippen molar-refractivity contribution in [1.82, 2.24) is 20.1 Å². The molecular weight excluding hydrogens is 514 g/mol. The predicted octanol–water partition coefficient (Wildman–Crippen LogP) is 4.08. The molecule has 1 N–H and O–H groups in total. The van der Waals surface area contributed by atoms with Crippen molar-refractivity contribution >= 4 is 5.91 Å². The highest BCUT2D eigenvalue weighted by molar-refractivity contribution is 5.82. The standard InChI is InChI=1S/C33H37N5O3/c34-21-24-1-3-25(4-2-24)22-38-17-11-29(12-18-38)40-30-5-6-31-27(19-30)20-32(41-31)33(39)36-28-9-15-37(16-10-28)23-26-7-13-35-14-8-26/h1-8,13-14,19,28-29,32H,9-12,15-18,20,22-23H2,(H,36,39). The van der Waals surface area contributed by atoms with Gasteiger partial charge >= 0.3 is 0 Å². The summed E-state index contributed by atoms with van der Waals surface area (Å²) in [6.45, 7) is 5.70. The monoisotopic (exact) mass is 551 g/mol. The van der Waals surface area contributed by atoms with Crippen LogP contribution in [0.4, 0.5) is 0 Å². The van der Waals surface area contributed by atoms with Gasteiger partial charge in [-0.3, -0.25) is 19.6 Å². The van der Waals surface area contributed by atoms with Crippen molar-refractivity contribution in [3.63, 3.8) is 0 Å². The van der Waals surface area contributed by atoms with Gasteiger partial charge < -0.3 is 14.8 Å². The highest BCUT2D eigenvalue weighted by Gasteiger charge is 2.32. The Morgan fingerprint density at radius 3 is 2.27 bits per heavy atom. The number of pyridine rings is 1. The summed E-state index contributed by atoms with van der Waals surface area (Å²) in [4.78, 5) is 22.0. The van der Waals surface area contributed by atoms with Crippen LogP contribution < -0.4 is 14.8 Å². The Labute approximate surface area is 241 Å². The molecule has 4 heterocycles. The van der Waals surface area contributed by atoms with Crippen LogP contribution in [0.25, 0.3) is 0 Å². The number of nitriles is 1. The fraction of sp³-hybridized carbons (Fsp3) is 0.424. The minimum absolute atomic E-state index is 0.0223. The highest BCUT2D eigenvalue weighted by atomic mass is 16.5. The van der Waals surface area contributed by atoms with Gasteiger partial charge in [0.15, 0.2) is 6.10 Å². The van der Waals surface area contributed by atoms with Crippen LogP contribution in [-0.4, -0.2) is 65.1 Å². The van der Waals surface area contributed by atoms with E-state index >= 15 is 0 Å². The van der Waals surface area contributed by atoms with E-state index in [0.29, 0.717) is 12.0 Å². The Balaban J connectivity index is 0.932. The van der Waals surface area contributed by atoms with Gasteiger partial charge in [0.05, 0.1) is 11.6 Å². The van der Waals surface area contributed by atoms with Gasteiger partial charge in [-0.2, -0.15) is 5.26 Å². The molecule has 3 aliphatic rings. The summed E-state index contributed by atoms with van der Waals surface area (Å²) >= 11 is 0. The molecule has 1 aromatic heterocycles. The van der Waals surface area contributed by atoms with E-state index in [0.717, 1.165) is 82.0 Å². The highest BCUT2D eigenvalue weighted by Crippen LogP contribution is 2.33. The molecule has 1 unspecified atom stereocenters. The molecule has 0 radical (unpaired) electrons. The van der Waals surface area contributed by atoms with Crippen LogP contribution in [0.1, 0.15) is 47.9 Å². The van der Waals surface area contributed by atoms with E-state index < -0.39 is 6.10 Å². The maximum absolute atomic E-state index is 13.0. The van der Waals surface area contributed by atoms with Crippen molar-refractivity contribution in [3.05, 3.63) is 89.2 Å². The van der Waals surface area contributed by atoms with E-state index in [1.807, 2.05) is 54.9 Å². The quantitative estimate of drug-likeness (QED) is 0.451. The third-order valence-corrected chi connectivity index (χ3v) is 8.41.